The molecule has 1 N–H and O–H groups in total. The number of hydrogen-bond donors (Lipinski definition) is 1. The summed E-state index contributed by atoms with van der Waals surface area (Å²) < 4.78 is 2.19. The molecule has 0 bridgehead atoms. The van der Waals surface area contributed by atoms with Crippen molar-refractivity contribution in [1.29, 1.82) is 0 Å². The molecule has 0 saturated heterocycles. The van der Waals surface area contributed by atoms with Crippen molar-refractivity contribution in [3.8, 4) is 5.69 Å². The zero-order chi connectivity index (χ0) is 18.3. The van der Waals surface area contributed by atoms with Crippen LogP contribution in [0.5, 0.6) is 0 Å². The first-order valence-corrected chi connectivity index (χ1v) is 8.95. The highest BCUT2D eigenvalue weighted by molar-refractivity contribution is 5.90. The molecule has 1 aliphatic heterocycles. The van der Waals surface area contributed by atoms with Gasteiger partial charge in [0.15, 0.2) is 0 Å². The second-order valence-corrected chi connectivity index (χ2v) is 6.91. The molecule has 4 heteroatoms. The summed E-state index contributed by atoms with van der Waals surface area (Å²) in [5.74, 6) is 0. The number of aryl methyl sites for hydroxylation is 1. The Labute approximate surface area is 154 Å². The average Bonchev–Trinajstić information content (AvgIpc) is 3.09. The highest BCUT2D eigenvalue weighted by atomic mass is 16.2. The summed E-state index contributed by atoms with van der Waals surface area (Å²) in [7, 11) is 0. The average molecular weight is 345 g/mol. The second-order valence-electron chi connectivity index (χ2n) is 6.91. The predicted octanol–water partition coefficient (Wildman–Crippen LogP) is 5.20. The number of fused-ring (bicyclic) bond motifs is 3. The molecule has 1 atom stereocenters. The van der Waals surface area contributed by atoms with Crippen molar-refractivity contribution >= 4 is 11.7 Å². The Bertz CT molecular complexity index is 973. The van der Waals surface area contributed by atoms with Gasteiger partial charge < -0.3 is 14.8 Å². The molecule has 2 heterocycles. The van der Waals surface area contributed by atoms with Gasteiger partial charge in [0.05, 0.1) is 18.3 Å². The van der Waals surface area contributed by atoms with E-state index in [1.165, 1.54) is 5.56 Å². The lowest BCUT2D eigenvalue weighted by molar-refractivity contribution is 0.189. The van der Waals surface area contributed by atoms with Gasteiger partial charge in [0.25, 0.3) is 0 Å². The van der Waals surface area contributed by atoms with Crippen molar-refractivity contribution in [1.82, 2.24) is 9.47 Å². The minimum absolute atomic E-state index is 0.0254. The third kappa shape index (κ3) is 2.68. The van der Waals surface area contributed by atoms with Crippen LogP contribution in [0.25, 0.3) is 5.69 Å². The van der Waals surface area contributed by atoms with Crippen LogP contribution in [0.2, 0.25) is 0 Å². The number of anilines is 1. The topological polar surface area (TPSA) is 37.3 Å². The van der Waals surface area contributed by atoms with Gasteiger partial charge >= 0.3 is 6.03 Å². The Morgan fingerprint density at radius 3 is 2.69 bits per heavy atom. The number of hydrogen-bond acceptors (Lipinski definition) is 1. The van der Waals surface area contributed by atoms with Gasteiger partial charge in [-0.1, -0.05) is 30.3 Å². The third-order valence-corrected chi connectivity index (χ3v) is 5.37. The zero-order valence-electron chi connectivity index (χ0n) is 15.4. The normalized spacial score (nSPS) is 15.8. The maximum Gasteiger partial charge on any atom is 0.322 e. The minimum Gasteiger partial charge on any atom is -0.318 e. The van der Waals surface area contributed by atoms with Crippen LogP contribution in [-0.4, -0.2) is 15.5 Å². The van der Waals surface area contributed by atoms with Crippen molar-refractivity contribution in [3.63, 3.8) is 0 Å². The summed E-state index contributed by atoms with van der Waals surface area (Å²) in [4.78, 5) is 15.0. The molecule has 3 aromatic rings. The molecule has 0 fully saturated rings. The van der Waals surface area contributed by atoms with Crippen LogP contribution in [0, 0.1) is 13.8 Å². The second kappa shape index (κ2) is 6.37. The number of urea groups is 1. The minimum atomic E-state index is -0.0735. The molecule has 2 aromatic carbocycles. The monoisotopic (exact) mass is 345 g/mol. The molecule has 4 nitrogen and oxygen atoms in total. The van der Waals surface area contributed by atoms with Crippen LogP contribution < -0.4 is 5.32 Å². The first-order valence-electron chi connectivity index (χ1n) is 8.95. The van der Waals surface area contributed by atoms with Crippen molar-refractivity contribution in [3.05, 3.63) is 83.2 Å². The van der Waals surface area contributed by atoms with Crippen LogP contribution in [-0.2, 0) is 6.54 Å². The smallest absolute Gasteiger partial charge is 0.318 e. The molecule has 0 radical (unpaired) electrons. The summed E-state index contributed by atoms with van der Waals surface area (Å²) in [6.07, 6.45) is 2.07. The predicted molar refractivity (Wildman–Crippen MR) is 105 cm³/mol. The number of benzene rings is 2. The quantitative estimate of drug-likeness (QED) is 0.646. The number of aromatic nitrogens is 1. The van der Waals surface area contributed by atoms with Gasteiger partial charge in [0.2, 0.25) is 0 Å². The number of para-hydroxylation sites is 1. The van der Waals surface area contributed by atoms with E-state index in [-0.39, 0.29) is 12.1 Å². The Balaban J connectivity index is 1.71. The molecule has 0 spiro atoms. The van der Waals surface area contributed by atoms with Crippen molar-refractivity contribution in [2.75, 3.05) is 5.32 Å². The van der Waals surface area contributed by atoms with Crippen molar-refractivity contribution in [2.24, 2.45) is 0 Å². The SMILES string of the molecule is Cc1cccc(NC(=O)N2Cc3ccccc3-n3cccc3[C@H]2C)c1C. The maximum atomic E-state index is 13.1. The molecule has 1 aliphatic rings. The van der Waals surface area contributed by atoms with E-state index in [2.05, 4.69) is 54.2 Å². The first kappa shape index (κ1) is 16.5. The van der Waals surface area contributed by atoms with Gasteiger partial charge in [0.1, 0.15) is 0 Å². The van der Waals surface area contributed by atoms with Crippen LogP contribution in [0.3, 0.4) is 0 Å². The number of rotatable bonds is 1. The van der Waals surface area contributed by atoms with E-state index >= 15 is 0 Å². The molecule has 0 aliphatic carbocycles. The fourth-order valence-electron chi connectivity index (χ4n) is 3.63. The highest BCUT2D eigenvalue weighted by Crippen LogP contribution is 2.32. The number of nitrogens with one attached hydrogen (secondary N) is 1. The molecular weight excluding hydrogens is 322 g/mol. The Morgan fingerprint density at radius 2 is 1.85 bits per heavy atom. The first-order chi connectivity index (χ1) is 12.6. The fourth-order valence-corrected chi connectivity index (χ4v) is 3.63. The van der Waals surface area contributed by atoms with Gasteiger partial charge in [-0.15, -0.1) is 0 Å². The largest absolute Gasteiger partial charge is 0.322 e. The van der Waals surface area contributed by atoms with E-state index < -0.39 is 0 Å². The number of nitrogens with zero attached hydrogens (tertiary/aromatic N) is 2. The van der Waals surface area contributed by atoms with Crippen molar-refractivity contribution < 1.29 is 4.79 Å². The molecule has 0 unspecified atom stereocenters. The summed E-state index contributed by atoms with van der Waals surface area (Å²) in [5.41, 5.74) is 6.55. The fraction of sp³-hybridized carbons (Fsp3) is 0.227. The third-order valence-electron chi connectivity index (χ3n) is 5.37. The van der Waals surface area contributed by atoms with E-state index in [0.29, 0.717) is 6.54 Å². The van der Waals surface area contributed by atoms with Crippen LogP contribution in [0.4, 0.5) is 10.5 Å². The Hall–Kier alpha value is -3.01. The number of carbonyl (C=O) groups is 1. The highest BCUT2D eigenvalue weighted by Gasteiger charge is 2.28. The van der Waals surface area contributed by atoms with Crippen LogP contribution in [0.15, 0.2) is 60.8 Å². The van der Waals surface area contributed by atoms with Crippen molar-refractivity contribution in [2.45, 2.75) is 33.4 Å². The molecule has 0 saturated carbocycles. The number of carbonyl (C=O) groups excluding carboxylic acids is 1. The maximum absolute atomic E-state index is 13.1. The summed E-state index contributed by atoms with van der Waals surface area (Å²) in [5, 5.41) is 3.11. The number of amides is 2. The standard InChI is InChI=1S/C22H23N3O/c1-15-8-6-10-19(16(15)2)23-22(26)25-14-18-9-4-5-11-21(18)24-13-7-12-20(24)17(25)3/h4-13,17H,14H2,1-3H3,(H,23,26)/t17-/m1/s1. The molecule has 26 heavy (non-hydrogen) atoms. The van der Waals surface area contributed by atoms with Crippen LogP contribution in [0.1, 0.15) is 35.3 Å². The lowest BCUT2D eigenvalue weighted by Gasteiger charge is -2.28. The van der Waals surface area contributed by atoms with E-state index in [4.69, 9.17) is 0 Å². The summed E-state index contributed by atoms with van der Waals surface area (Å²) in [6.45, 7) is 6.76. The van der Waals surface area contributed by atoms with Gasteiger partial charge in [0, 0.05) is 17.6 Å². The summed E-state index contributed by atoms with van der Waals surface area (Å²) in [6, 6.07) is 18.3. The van der Waals surface area contributed by atoms with Gasteiger partial charge in [-0.2, -0.15) is 0 Å². The Morgan fingerprint density at radius 1 is 1.04 bits per heavy atom. The molecule has 4 rings (SSSR count). The lowest BCUT2D eigenvalue weighted by atomic mass is 10.1. The lowest BCUT2D eigenvalue weighted by Crippen LogP contribution is -2.36. The van der Waals surface area contributed by atoms with E-state index in [0.717, 1.165) is 28.2 Å². The summed E-state index contributed by atoms with van der Waals surface area (Å²) >= 11 is 0. The molecule has 132 valence electrons. The Kier molecular flexibility index (Phi) is 4.03. The molecular formula is C22H23N3O. The van der Waals surface area contributed by atoms with Gasteiger partial charge in [-0.3, -0.25) is 0 Å². The van der Waals surface area contributed by atoms with Crippen LogP contribution >= 0.6 is 0 Å². The van der Waals surface area contributed by atoms with E-state index in [1.807, 2.05) is 42.2 Å². The van der Waals surface area contributed by atoms with E-state index in [1.54, 1.807) is 0 Å². The molecule has 1 aromatic heterocycles. The van der Waals surface area contributed by atoms with Gasteiger partial charge in [-0.05, 0) is 61.7 Å². The zero-order valence-corrected chi connectivity index (χ0v) is 15.4. The van der Waals surface area contributed by atoms with Gasteiger partial charge in [-0.25, -0.2) is 4.79 Å². The van der Waals surface area contributed by atoms with E-state index in [9.17, 15) is 4.79 Å². The molecule has 2 amide bonds.